The lowest BCUT2D eigenvalue weighted by Crippen LogP contribution is -2.61. The zero-order valence-electron chi connectivity index (χ0n) is 14.1. The number of nitrogens with one attached hydrogen (secondary N) is 1. The Labute approximate surface area is 140 Å². The van der Waals surface area contributed by atoms with Gasteiger partial charge in [0.25, 0.3) is 5.91 Å². The molecular weight excluding hydrogens is 312 g/mol. The summed E-state index contributed by atoms with van der Waals surface area (Å²) >= 11 is 0. The molecular formula is C16H22N4O4. The van der Waals surface area contributed by atoms with Crippen molar-refractivity contribution in [3.63, 3.8) is 0 Å². The summed E-state index contributed by atoms with van der Waals surface area (Å²) in [6.07, 6.45) is 3.03. The van der Waals surface area contributed by atoms with Gasteiger partial charge in [-0.25, -0.2) is 9.59 Å². The van der Waals surface area contributed by atoms with E-state index in [1.807, 2.05) is 13.8 Å². The Balaban J connectivity index is 2.16. The highest BCUT2D eigenvalue weighted by Crippen LogP contribution is 2.15. The molecule has 1 aliphatic rings. The first-order valence-electron chi connectivity index (χ1n) is 7.78. The normalized spacial score (nSPS) is 17.6. The van der Waals surface area contributed by atoms with Gasteiger partial charge in [0.05, 0.1) is 19.2 Å². The number of hydrogen-bond donors (Lipinski definition) is 1. The van der Waals surface area contributed by atoms with E-state index in [1.165, 1.54) is 23.1 Å². The smallest absolute Gasteiger partial charge is 0.330 e. The fourth-order valence-corrected chi connectivity index (χ4v) is 2.54. The van der Waals surface area contributed by atoms with Crippen LogP contribution in [0.25, 0.3) is 0 Å². The highest BCUT2D eigenvalue weighted by Gasteiger charge is 2.38. The predicted molar refractivity (Wildman–Crippen MR) is 86.3 cm³/mol. The van der Waals surface area contributed by atoms with Gasteiger partial charge in [-0.15, -0.1) is 0 Å². The number of hydrogen-bond acceptors (Lipinski definition) is 5. The van der Waals surface area contributed by atoms with Crippen molar-refractivity contribution < 1.29 is 19.1 Å². The monoisotopic (exact) mass is 334 g/mol. The summed E-state index contributed by atoms with van der Waals surface area (Å²) in [4.78, 5) is 43.8. The van der Waals surface area contributed by atoms with E-state index in [2.05, 4.69) is 10.3 Å². The van der Waals surface area contributed by atoms with Crippen LogP contribution in [-0.4, -0.2) is 71.5 Å². The van der Waals surface area contributed by atoms with Crippen molar-refractivity contribution in [1.82, 2.24) is 20.1 Å². The van der Waals surface area contributed by atoms with Crippen LogP contribution in [0.3, 0.4) is 0 Å². The van der Waals surface area contributed by atoms with Crippen LogP contribution in [0.1, 0.15) is 24.2 Å². The number of amides is 3. The first-order chi connectivity index (χ1) is 11.4. The third-order valence-corrected chi connectivity index (χ3v) is 3.72. The Hall–Kier alpha value is -2.64. The number of ether oxygens (including phenoxy) is 1. The third kappa shape index (κ3) is 4.01. The number of rotatable bonds is 3. The summed E-state index contributed by atoms with van der Waals surface area (Å²) in [6.45, 7) is 4.41. The molecule has 1 aromatic heterocycles. The molecule has 130 valence electrons. The van der Waals surface area contributed by atoms with Gasteiger partial charge in [-0.1, -0.05) is 0 Å². The Morgan fingerprint density at radius 3 is 2.67 bits per heavy atom. The second-order valence-electron chi connectivity index (χ2n) is 5.83. The van der Waals surface area contributed by atoms with Crippen LogP contribution in [0.4, 0.5) is 4.79 Å². The van der Waals surface area contributed by atoms with Gasteiger partial charge < -0.3 is 19.9 Å². The molecule has 1 saturated heterocycles. The standard InChI is InChI=1S/C16H22N4O4/c1-11(2)18-16(23)19-7-8-20(13(10-19)15(22)24-3)14(21)12-5-4-6-17-9-12/h4-6,9,11,13H,7-8,10H2,1-3H3,(H,18,23)/t13-/m1/s1. The maximum absolute atomic E-state index is 12.6. The number of aromatic nitrogens is 1. The average molecular weight is 334 g/mol. The van der Waals surface area contributed by atoms with Crippen LogP contribution in [-0.2, 0) is 9.53 Å². The predicted octanol–water partition coefficient (Wildman–Crippen LogP) is 0.499. The number of pyridine rings is 1. The maximum atomic E-state index is 12.6. The van der Waals surface area contributed by atoms with E-state index in [0.717, 1.165) is 0 Å². The molecule has 8 heteroatoms. The quantitative estimate of drug-likeness (QED) is 0.813. The molecule has 1 aromatic rings. The molecule has 0 aromatic carbocycles. The zero-order chi connectivity index (χ0) is 17.7. The minimum Gasteiger partial charge on any atom is -0.467 e. The van der Waals surface area contributed by atoms with Gasteiger partial charge in [-0.05, 0) is 26.0 Å². The van der Waals surface area contributed by atoms with E-state index in [-0.39, 0.29) is 31.1 Å². The van der Waals surface area contributed by atoms with Crippen LogP contribution >= 0.6 is 0 Å². The van der Waals surface area contributed by atoms with Crippen LogP contribution < -0.4 is 5.32 Å². The SMILES string of the molecule is COC(=O)[C@H]1CN(C(=O)NC(C)C)CCN1C(=O)c1cccnc1. The highest BCUT2D eigenvalue weighted by molar-refractivity contribution is 5.97. The molecule has 1 fully saturated rings. The second-order valence-corrected chi connectivity index (χ2v) is 5.83. The van der Waals surface area contributed by atoms with E-state index >= 15 is 0 Å². The van der Waals surface area contributed by atoms with Crippen molar-refractivity contribution in [2.24, 2.45) is 0 Å². The van der Waals surface area contributed by atoms with E-state index in [9.17, 15) is 14.4 Å². The average Bonchev–Trinajstić information content (AvgIpc) is 2.60. The van der Waals surface area contributed by atoms with Crippen molar-refractivity contribution >= 4 is 17.9 Å². The molecule has 0 saturated carbocycles. The van der Waals surface area contributed by atoms with Crippen molar-refractivity contribution in [3.8, 4) is 0 Å². The van der Waals surface area contributed by atoms with Gasteiger partial charge in [0.15, 0.2) is 0 Å². The Morgan fingerprint density at radius 1 is 1.33 bits per heavy atom. The van der Waals surface area contributed by atoms with Crippen LogP contribution in [0.5, 0.6) is 0 Å². The van der Waals surface area contributed by atoms with Gasteiger partial charge in [0, 0.05) is 31.5 Å². The number of piperazine rings is 1. The van der Waals surface area contributed by atoms with Crippen LogP contribution in [0.2, 0.25) is 0 Å². The lowest BCUT2D eigenvalue weighted by atomic mass is 10.1. The molecule has 3 amide bonds. The molecule has 0 aliphatic carbocycles. The number of carbonyl (C=O) groups is 3. The number of esters is 1. The largest absolute Gasteiger partial charge is 0.467 e. The summed E-state index contributed by atoms with van der Waals surface area (Å²) in [5.74, 6) is -0.850. The molecule has 8 nitrogen and oxygen atoms in total. The first kappa shape index (κ1) is 17.7. The fourth-order valence-electron chi connectivity index (χ4n) is 2.54. The number of urea groups is 1. The van der Waals surface area contributed by atoms with E-state index in [1.54, 1.807) is 18.3 Å². The molecule has 1 aliphatic heterocycles. The molecule has 0 radical (unpaired) electrons. The summed E-state index contributed by atoms with van der Waals surface area (Å²) in [5.41, 5.74) is 0.395. The summed E-state index contributed by atoms with van der Waals surface area (Å²) in [6, 6.07) is 2.19. The number of nitrogens with zero attached hydrogens (tertiary/aromatic N) is 3. The second kappa shape index (κ2) is 7.76. The van der Waals surface area contributed by atoms with Crippen molar-refractivity contribution in [2.45, 2.75) is 25.9 Å². The fraction of sp³-hybridized carbons (Fsp3) is 0.500. The van der Waals surface area contributed by atoms with Crippen molar-refractivity contribution in [3.05, 3.63) is 30.1 Å². The summed E-state index contributed by atoms with van der Waals surface area (Å²) in [5, 5.41) is 2.79. The lowest BCUT2D eigenvalue weighted by molar-refractivity contribution is -0.147. The lowest BCUT2D eigenvalue weighted by Gasteiger charge is -2.40. The minimum absolute atomic E-state index is 0.0101. The van der Waals surface area contributed by atoms with Gasteiger partial charge in [-0.3, -0.25) is 9.78 Å². The Kier molecular flexibility index (Phi) is 5.73. The van der Waals surface area contributed by atoms with Gasteiger partial charge in [0.2, 0.25) is 0 Å². The Morgan fingerprint density at radius 2 is 2.08 bits per heavy atom. The van der Waals surface area contributed by atoms with E-state index < -0.39 is 12.0 Å². The minimum atomic E-state index is -0.839. The van der Waals surface area contributed by atoms with E-state index in [4.69, 9.17) is 4.74 Å². The number of methoxy groups -OCH3 is 1. The molecule has 2 rings (SSSR count). The van der Waals surface area contributed by atoms with Gasteiger partial charge >= 0.3 is 12.0 Å². The van der Waals surface area contributed by atoms with E-state index in [0.29, 0.717) is 12.1 Å². The number of carbonyl (C=O) groups excluding carboxylic acids is 3. The maximum Gasteiger partial charge on any atom is 0.330 e. The first-order valence-corrected chi connectivity index (χ1v) is 7.78. The van der Waals surface area contributed by atoms with Crippen LogP contribution in [0, 0.1) is 0 Å². The van der Waals surface area contributed by atoms with Crippen molar-refractivity contribution in [2.75, 3.05) is 26.7 Å². The molecule has 24 heavy (non-hydrogen) atoms. The molecule has 0 bridgehead atoms. The molecule has 1 N–H and O–H groups in total. The molecule has 2 heterocycles. The van der Waals surface area contributed by atoms with Gasteiger partial charge in [-0.2, -0.15) is 0 Å². The van der Waals surface area contributed by atoms with Crippen molar-refractivity contribution in [1.29, 1.82) is 0 Å². The molecule has 1 atom stereocenters. The topological polar surface area (TPSA) is 91.8 Å². The molecule has 0 unspecified atom stereocenters. The molecule has 0 spiro atoms. The Bertz CT molecular complexity index is 605. The van der Waals surface area contributed by atoms with Gasteiger partial charge in [0.1, 0.15) is 6.04 Å². The highest BCUT2D eigenvalue weighted by atomic mass is 16.5. The summed E-state index contributed by atoms with van der Waals surface area (Å²) < 4.78 is 4.81. The third-order valence-electron chi connectivity index (χ3n) is 3.72. The van der Waals surface area contributed by atoms with Crippen LogP contribution in [0.15, 0.2) is 24.5 Å². The zero-order valence-corrected chi connectivity index (χ0v) is 14.1. The summed E-state index contributed by atoms with van der Waals surface area (Å²) in [7, 11) is 1.27.